The van der Waals surface area contributed by atoms with Crippen molar-refractivity contribution >= 4 is 0 Å². The van der Waals surface area contributed by atoms with Crippen molar-refractivity contribution in [1.29, 1.82) is 0 Å². The summed E-state index contributed by atoms with van der Waals surface area (Å²) in [5.74, 6) is -0.0188. The van der Waals surface area contributed by atoms with Gasteiger partial charge in [-0.15, -0.1) is 0 Å². The van der Waals surface area contributed by atoms with Gasteiger partial charge in [-0.1, -0.05) is 0 Å². The molecule has 51 valence electrons. The molecule has 1 rings (SSSR count). The van der Waals surface area contributed by atoms with Gasteiger partial charge in [0.15, 0.2) is 0 Å². The van der Waals surface area contributed by atoms with Crippen LogP contribution in [0.2, 0.25) is 0 Å². The molecular formula is C7H12NO. The topological polar surface area (TPSA) is 23.1 Å². The van der Waals surface area contributed by atoms with E-state index in [1.807, 2.05) is 4.90 Å². The van der Waals surface area contributed by atoms with E-state index in [1.54, 1.807) is 0 Å². The standard InChI is InChI=1S/C7H12NO/c1-7(9)8-5-3-2-4-6-8/h1-6H2. The van der Waals surface area contributed by atoms with Gasteiger partial charge in [-0.3, -0.25) is 5.11 Å². The highest BCUT2D eigenvalue weighted by atomic mass is 16.3. The number of likely N-dealkylation sites (tertiary alicyclic amines) is 1. The molecule has 0 amide bonds. The molecule has 0 aromatic rings. The number of nitrogens with zero attached hydrogens (tertiary/aromatic N) is 1. The van der Waals surface area contributed by atoms with E-state index in [0.717, 1.165) is 25.9 Å². The molecule has 2 nitrogen and oxygen atoms in total. The van der Waals surface area contributed by atoms with Crippen LogP contribution in [0.4, 0.5) is 0 Å². The summed E-state index contributed by atoms with van der Waals surface area (Å²) < 4.78 is 0. The quantitative estimate of drug-likeness (QED) is 0.487. The van der Waals surface area contributed by atoms with Crippen molar-refractivity contribution in [2.75, 3.05) is 13.1 Å². The molecule has 0 spiro atoms. The molecule has 1 aliphatic heterocycles. The van der Waals surface area contributed by atoms with E-state index in [9.17, 15) is 5.11 Å². The summed E-state index contributed by atoms with van der Waals surface area (Å²) in [6.45, 7) is 5.19. The van der Waals surface area contributed by atoms with Crippen LogP contribution in [0.3, 0.4) is 0 Å². The smallest absolute Gasteiger partial charge is 0.239 e. The first-order chi connectivity index (χ1) is 4.30. The van der Waals surface area contributed by atoms with Crippen LogP contribution in [0.15, 0.2) is 12.5 Å². The third-order valence-corrected chi connectivity index (χ3v) is 1.71. The van der Waals surface area contributed by atoms with Crippen LogP contribution < -0.4 is 0 Å². The Hall–Kier alpha value is -0.660. The molecular weight excluding hydrogens is 114 g/mol. The van der Waals surface area contributed by atoms with Crippen LogP contribution >= 0.6 is 0 Å². The predicted molar refractivity (Wildman–Crippen MR) is 35.3 cm³/mol. The zero-order valence-electron chi connectivity index (χ0n) is 5.60. The van der Waals surface area contributed by atoms with Crippen molar-refractivity contribution in [2.24, 2.45) is 0 Å². The first-order valence-electron chi connectivity index (χ1n) is 3.41. The molecule has 1 fully saturated rings. The molecule has 0 aliphatic carbocycles. The van der Waals surface area contributed by atoms with Gasteiger partial charge in [0.2, 0.25) is 5.88 Å². The monoisotopic (exact) mass is 126 g/mol. The van der Waals surface area contributed by atoms with Crippen molar-refractivity contribution in [3.8, 4) is 0 Å². The van der Waals surface area contributed by atoms with E-state index < -0.39 is 0 Å². The third-order valence-electron chi connectivity index (χ3n) is 1.71. The SMILES string of the molecule is C=C([O])N1CCCCC1. The minimum Gasteiger partial charge on any atom is -0.340 e. The summed E-state index contributed by atoms with van der Waals surface area (Å²) in [7, 11) is 0. The van der Waals surface area contributed by atoms with Gasteiger partial charge >= 0.3 is 0 Å². The van der Waals surface area contributed by atoms with E-state index >= 15 is 0 Å². The second kappa shape index (κ2) is 2.76. The summed E-state index contributed by atoms with van der Waals surface area (Å²) >= 11 is 0. The van der Waals surface area contributed by atoms with Gasteiger partial charge in [0.25, 0.3) is 0 Å². The maximum atomic E-state index is 10.6. The Morgan fingerprint density at radius 1 is 1.22 bits per heavy atom. The molecule has 0 aromatic heterocycles. The first kappa shape index (κ1) is 6.46. The fraction of sp³-hybridized carbons (Fsp3) is 0.714. The van der Waals surface area contributed by atoms with E-state index in [1.165, 1.54) is 6.42 Å². The minimum atomic E-state index is -0.0188. The third kappa shape index (κ3) is 1.63. The normalized spacial score (nSPS) is 19.8. The molecule has 0 atom stereocenters. The van der Waals surface area contributed by atoms with Crippen LogP contribution in [-0.4, -0.2) is 18.0 Å². The Kier molecular flexibility index (Phi) is 1.98. The largest absolute Gasteiger partial charge is 0.340 e. The number of hydrogen-bond acceptors (Lipinski definition) is 1. The highest BCUT2D eigenvalue weighted by molar-refractivity contribution is 4.81. The van der Waals surface area contributed by atoms with Crippen LogP contribution in [-0.2, 0) is 5.11 Å². The van der Waals surface area contributed by atoms with Gasteiger partial charge in [-0.25, -0.2) is 0 Å². The molecule has 1 aliphatic rings. The fourth-order valence-electron chi connectivity index (χ4n) is 1.14. The minimum absolute atomic E-state index is 0.0188. The van der Waals surface area contributed by atoms with Crippen LogP contribution in [0, 0.1) is 0 Å². The molecule has 9 heavy (non-hydrogen) atoms. The predicted octanol–water partition coefficient (Wildman–Crippen LogP) is 1.37. The number of rotatable bonds is 1. The first-order valence-corrected chi connectivity index (χ1v) is 3.41. The lowest BCUT2D eigenvalue weighted by atomic mass is 10.1. The molecule has 0 bridgehead atoms. The lowest BCUT2D eigenvalue weighted by molar-refractivity contribution is 0.130. The van der Waals surface area contributed by atoms with Gasteiger partial charge in [0, 0.05) is 13.1 Å². The molecule has 0 aromatic carbocycles. The molecule has 1 heterocycles. The van der Waals surface area contributed by atoms with E-state index in [4.69, 9.17) is 0 Å². The maximum absolute atomic E-state index is 10.6. The van der Waals surface area contributed by atoms with Crippen LogP contribution in [0.1, 0.15) is 19.3 Å². The van der Waals surface area contributed by atoms with E-state index in [-0.39, 0.29) is 5.88 Å². The van der Waals surface area contributed by atoms with Gasteiger partial charge in [-0.05, 0) is 25.8 Å². The summed E-state index contributed by atoms with van der Waals surface area (Å²) in [5, 5.41) is 10.6. The zero-order chi connectivity index (χ0) is 6.69. The Morgan fingerprint density at radius 3 is 2.11 bits per heavy atom. The van der Waals surface area contributed by atoms with Crippen molar-refractivity contribution in [1.82, 2.24) is 4.90 Å². The van der Waals surface area contributed by atoms with Gasteiger partial charge in [0.05, 0.1) is 0 Å². The molecule has 0 N–H and O–H groups in total. The van der Waals surface area contributed by atoms with Crippen molar-refractivity contribution in [3.63, 3.8) is 0 Å². The van der Waals surface area contributed by atoms with E-state index in [0.29, 0.717) is 0 Å². The second-order valence-electron chi connectivity index (χ2n) is 2.44. The van der Waals surface area contributed by atoms with Crippen LogP contribution in [0.5, 0.6) is 0 Å². The van der Waals surface area contributed by atoms with Crippen molar-refractivity contribution in [3.05, 3.63) is 12.5 Å². The average Bonchev–Trinajstić information content (AvgIpc) is 1.90. The molecule has 2 heteroatoms. The maximum Gasteiger partial charge on any atom is 0.239 e. The lowest BCUT2D eigenvalue weighted by Gasteiger charge is -2.24. The Morgan fingerprint density at radius 2 is 1.78 bits per heavy atom. The van der Waals surface area contributed by atoms with Crippen molar-refractivity contribution in [2.45, 2.75) is 19.3 Å². The molecule has 0 unspecified atom stereocenters. The molecule has 0 saturated carbocycles. The molecule has 1 saturated heterocycles. The van der Waals surface area contributed by atoms with Crippen LogP contribution in [0.25, 0.3) is 0 Å². The zero-order valence-corrected chi connectivity index (χ0v) is 5.60. The number of piperidine rings is 1. The van der Waals surface area contributed by atoms with E-state index in [2.05, 4.69) is 6.58 Å². The average molecular weight is 126 g/mol. The van der Waals surface area contributed by atoms with Gasteiger partial charge < -0.3 is 4.90 Å². The second-order valence-corrected chi connectivity index (χ2v) is 2.44. The Balaban J connectivity index is 2.31. The summed E-state index contributed by atoms with van der Waals surface area (Å²) in [4.78, 5) is 1.81. The number of hydrogen-bond donors (Lipinski definition) is 0. The van der Waals surface area contributed by atoms with Crippen molar-refractivity contribution < 1.29 is 5.11 Å². The molecule has 1 radical (unpaired) electrons. The van der Waals surface area contributed by atoms with Gasteiger partial charge in [0.1, 0.15) is 0 Å². The Labute approximate surface area is 55.8 Å². The van der Waals surface area contributed by atoms with Gasteiger partial charge in [-0.2, -0.15) is 0 Å². The summed E-state index contributed by atoms with van der Waals surface area (Å²) in [6, 6.07) is 0. The summed E-state index contributed by atoms with van der Waals surface area (Å²) in [6.07, 6.45) is 3.58. The highest BCUT2D eigenvalue weighted by Crippen LogP contribution is 2.11. The highest BCUT2D eigenvalue weighted by Gasteiger charge is 2.10. The lowest BCUT2D eigenvalue weighted by Crippen LogP contribution is -2.27. The summed E-state index contributed by atoms with van der Waals surface area (Å²) in [5.41, 5.74) is 0. The Bertz CT molecular complexity index is 105. The fourth-order valence-corrected chi connectivity index (χ4v) is 1.14.